The summed E-state index contributed by atoms with van der Waals surface area (Å²) in [5, 5.41) is 7.90. The lowest BCUT2D eigenvalue weighted by atomic mass is 9.94. The minimum Gasteiger partial charge on any atom is -0.483 e. The zero-order chi connectivity index (χ0) is 26.3. The second kappa shape index (κ2) is 12.6. The van der Waals surface area contributed by atoms with Crippen LogP contribution in [0.25, 0.3) is 6.08 Å². The fourth-order valence-electron chi connectivity index (χ4n) is 4.05. The number of hydrogen-bond acceptors (Lipinski definition) is 6. The van der Waals surface area contributed by atoms with E-state index < -0.39 is 27.8 Å². The summed E-state index contributed by atoms with van der Waals surface area (Å²) in [5.74, 6) is -0.692. The van der Waals surface area contributed by atoms with Gasteiger partial charge < -0.3 is 14.9 Å². The lowest BCUT2D eigenvalue weighted by molar-refractivity contribution is -0.123. The van der Waals surface area contributed by atoms with Crippen molar-refractivity contribution in [3.05, 3.63) is 56.3 Å². The molecule has 0 aliphatic carbocycles. The molecule has 192 valence electrons. The molecular weight excluding hydrogens is 517 g/mol. The minimum atomic E-state index is -3.85. The SMILES string of the molecule is CC(C)C(c1ccc(N2CC[C@H](NS(=O)(=O)/C=C/c3ccc(Cl)s3)C2=O)c(F)c1)N(C)C.O=CO. The van der Waals surface area contributed by atoms with Crippen molar-refractivity contribution in [3.63, 3.8) is 0 Å². The molecular formula is C23H29ClFN3O5S2. The van der Waals surface area contributed by atoms with Crippen molar-refractivity contribution in [1.29, 1.82) is 0 Å². The van der Waals surface area contributed by atoms with E-state index in [0.717, 1.165) is 11.0 Å². The topological polar surface area (TPSA) is 107 Å². The van der Waals surface area contributed by atoms with Gasteiger partial charge in [0.05, 0.1) is 10.0 Å². The number of halogens is 2. The van der Waals surface area contributed by atoms with E-state index in [4.69, 9.17) is 21.5 Å². The smallest absolute Gasteiger partial charge is 0.290 e. The van der Waals surface area contributed by atoms with E-state index in [0.29, 0.717) is 9.21 Å². The van der Waals surface area contributed by atoms with Gasteiger partial charge in [-0.1, -0.05) is 31.5 Å². The zero-order valence-electron chi connectivity index (χ0n) is 19.8. The molecule has 1 fully saturated rings. The Morgan fingerprint density at radius 1 is 1.29 bits per heavy atom. The fourth-order valence-corrected chi connectivity index (χ4v) is 6.12. The van der Waals surface area contributed by atoms with Gasteiger partial charge in [-0.25, -0.2) is 12.8 Å². The van der Waals surface area contributed by atoms with E-state index >= 15 is 0 Å². The average Bonchev–Trinajstić information content (AvgIpc) is 3.32. The average molecular weight is 546 g/mol. The normalized spacial score (nSPS) is 17.2. The third kappa shape index (κ3) is 7.84. The Bertz CT molecular complexity index is 1160. The van der Waals surface area contributed by atoms with Crippen molar-refractivity contribution in [2.75, 3.05) is 25.5 Å². The van der Waals surface area contributed by atoms with Crippen LogP contribution in [0.2, 0.25) is 4.34 Å². The third-order valence-corrected chi connectivity index (χ3v) is 7.61. The van der Waals surface area contributed by atoms with Gasteiger partial charge in [0, 0.05) is 22.9 Å². The van der Waals surface area contributed by atoms with Gasteiger partial charge in [-0.3, -0.25) is 9.59 Å². The number of amides is 1. The van der Waals surface area contributed by atoms with Gasteiger partial charge in [-0.2, -0.15) is 4.72 Å². The summed E-state index contributed by atoms with van der Waals surface area (Å²) >= 11 is 7.09. The largest absolute Gasteiger partial charge is 0.483 e. The predicted molar refractivity (Wildman–Crippen MR) is 138 cm³/mol. The summed E-state index contributed by atoms with van der Waals surface area (Å²) < 4.78 is 42.7. The predicted octanol–water partition coefficient (Wildman–Crippen LogP) is 4.20. The van der Waals surface area contributed by atoms with Crippen molar-refractivity contribution in [2.45, 2.75) is 32.4 Å². The Kier molecular flexibility index (Phi) is 10.4. The highest BCUT2D eigenvalue weighted by molar-refractivity contribution is 7.92. The molecule has 1 aromatic heterocycles. The van der Waals surface area contributed by atoms with Crippen LogP contribution in [0.3, 0.4) is 0 Å². The highest BCUT2D eigenvalue weighted by Crippen LogP contribution is 2.32. The third-order valence-electron chi connectivity index (χ3n) is 5.31. The Hall–Kier alpha value is -2.31. The Morgan fingerprint density at radius 2 is 1.94 bits per heavy atom. The number of thiophene rings is 1. The van der Waals surface area contributed by atoms with Crippen molar-refractivity contribution in [2.24, 2.45) is 5.92 Å². The summed E-state index contributed by atoms with van der Waals surface area (Å²) in [6.45, 7) is 4.12. The number of benzene rings is 1. The number of nitrogens with zero attached hydrogens (tertiary/aromatic N) is 2. The number of hydrogen-bond donors (Lipinski definition) is 2. The molecule has 1 amide bonds. The first-order chi connectivity index (χ1) is 16.4. The maximum Gasteiger partial charge on any atom is 0.290 e. The first kappa shape index (κ1) is 28.9. The number of carbonyl (C=O) groups is 2. The summed E-state index contributed by atoms with van der Waals surface area (Å²) in [6.07, 6.45) is 1.68. The molecule has 2 aromatic rings. The second-order valence-corrected chi connectivity index (χ2v) is 11.8. The van der Waals surface area contributed by atoms with Gasteiger partial charge in [-0.05, 0) is 62.3 Å². The first-order valence-corrected chi connectivity index (χ1v) is 13.4. The first-order valence-electron chi connectivity index (χ1n) is 10.7. The number of anilines is 1. The molecule has 0 spiro atoms. The van der Waals surface area contributed by atoms with Crippen molar-refractivity contribution in [3.8, 4) is 0 Å². The van der Waals surface area contributed by atoms with E-state index in [-0.39, 0.29) is 37.1 Å². The second-order valence-electron chi connectivity index (χ2n) is 8.41. The van der Waals surface area contributed by atoms with Gasteiger partial charge in [0.2, 0.25) is 15.9 Å². The maximum atomic E-state index is 15.0. The molecule has 1 aliphatic heterocycles. The van der Waals surface area contributed by atoms with Crippen LogP contribution in [0.5, 0.6) is 0 Å². The molecule has 1 aromatic carbocycles. The molecule has 2 N–H and O–H groups in total. The Balaban J connectivity index is 0.00000137. The zero-order valence-corrected chi connectivity index (χ0v) is 22.2. The number of sulfonamides is 1. The molecule has 12 heteroatoms. The van der Waals surface area contributed by atoms with Gasteiger partial charge in [0.25, 0.3) is 6.47 Å². The van der Waals surface area contributed by atoms with Crippen LogP contribution in [-0.2, 0) is 19.6 Å². The maximum absolute atomic E-state index is 15.0. The standard InChI is InChI=1S/C22H27ClFN3O3S2.CH2O2/c1-14(2)21(26(3)4)15-5-7-19(17(24)13-15)27-11-9-18(22(27)28)25-32(29,30)12-10-16-6-8-20(23)31-16;2-1-3/h5-8,10,12-14,18,21,25H,9,11H2,1-4H3;1H,(H,2,3)/b12-10+;/t18-,21?;/m0./s1. The van der Waals surface area contributed by atoms with Crippen molar-refractivity contribution in [1.82, 2.24) is 9.62 Å². The summed E-state index contributed by atoms with van der Waals surface area (Å²) in [7, 11) is 0.0329. The number of rotatable bonds is 8. The molecule has 2 atom stereocenters. The molecule has 0 radical (unpaired) electrons. The molecule has 1 aliphatic rings. The van der Waals surface area contributed by atoms with Crippen LogP contribution in [-0.4, -0.2) is 57.5 Å². The molecule has 2 heterocycles. The van der Waals surface area contributed by atoms with Crippen LogP contribution >= 0.6 is 22.9 Å². The fraction of sp³-hybridized carbons (Fsp3) is 0.391. The minimum absolute atomic E-state index is 0.0393. The van der Waals surface area contributed by atoms with Gasteiger partial charge >= 0.3 is 0 Å². The van der Waals surface area contributed by atoms with Crippen LogP contribution in [0.4, 0.5) is 10.1 Å². The van der Waals surface area contributed by atoms with E-state index in [1.54, 1.807) is 18.2 Å². The van der Waals surface area contributed by atoms with Crippen LogP contribution in [0.1, 0.15) is 36.8 Å². The highest BCUT2D eigenvalue weighted by Gasteiger charge is 2.36. The lowest BCUT2D eigenvalue weighted by Gasteiger charge is -2.29. The molecule has 0 bridgehead atoms. The monoisotopic (exact) mass is 545 g/mol. The molecule has 35 heavy (non-hydrogen) atoms. The number of carboxylic acid groups (broad SMARTS) is 1. The Labute approximate surface area is 214 Å². The van der Waals surface area contributed by atoms with Gasteiger partial charge in [-0.15, -0.1) is 11.3 Å². The summed E-state index contributed by atoms with van der Waals surface area (Å²) in [4.78, 5) is 25.2. The van der Waals surface area contributed by atoms with E-state index in [1.165, 1.54) is 28.4 Å². The molecule has 3 rings (SSSR count). The lowest BCUT2D eigenvalue weighted by Crippen LogP contribution is -2.40. The van der Waals surface area contributed by atoms with Gasteiger partial charge in [0.15, 0.2) is 0 Å². The quantitative estimate of drug-likeness (QED) is 0.482. The van der Waals surface area contributed by atoms with Crippen LogP contribution < -0.4 is 9.62 Å². The Morgan fingerprint density at radius 3 is 2.46 bits per heavy atom. The molecule has 1 unspecified atom stereocenters. The van der Waals surface area contributed by atoms with Crippen molar-refractivity contribution < 1.29 is 27.5 Å². The van der Waals surface area contributed by atoms with E-state index in [9.17, 15) is 17.6 Å². The van der Waals surface area contributed by atoms with Crippen molar-refractivity contribution >= 4 is 57.1 Å². The molecule has 1 saturated heterocycles. The van der Waals surface area contributed by atoms with Crippen LogP contribution in [0.15, 0.2) is 35.7 Å². The van der Waals surface area contributed by atoms with E-state index in [2.05, 4.69) is 18.6 Å². The summed E-state index contributed by atoms with van der Waals surface area (Å²) in [5.41, 5.74) is 0.986. The highest BCUT2D eigenvalue weighted by atomic mass is 35.5. The van der Waals surface area contributed by atoms with E-state index in [1.807, 2.05) is 25.1 Å². The van der Waals surface area contributed by atoms with Gasteiger partial charge in [0.1, 0.15) is 11.9 Å². The molecule has 8 nitrogen and oxygen atoms in total. The number of carbonyl (C=O) groups excluding carboxylic acids is 1. The molecule has 0 saturated carbocycles. The van der Waals surface area contributed by atoms with Crippen LogP contribution in [0, 0.1) is 11.7 Å². The summed E-state index contributed by atoms with van der Waals surface area (Å²) in [6, 6.07) is 7.35. The number of nitrogens with one attached hydrogen (secondary N) is 1.